The first-order chi connectivity index (χ1) is 20.0. The van der Waals surface area contributed by atoms with E-state index < -0.39 is 40.9 Å². The van der Waals surface area contributed by atoms with Crippen LogP contribution in [0.3, 0.4) is 0 Å². The normalized spacial score (nSPS) is 14.3. The van der Waals surface area contributed by atoms with Crippen molar-refractivity contribution >= 4 is 11.6 Å². The molecule has 1 aliphatic rings. The average molecular weight is 583 g/mol. The predicted octanol–water partition coefficient (Wildman–Crippen LogP) is 7.77. The minimum Gasteiger partial charge on any atom is -0.381 e. The smallest absolute Gasteiger partial charge is 0.381 e. The summed E-state index contributed by atoms with van der Waals surface area (Å²) in [6.45, 7) is 4.28. The maximum Gasteiger partial charge on any atom is 0.418 e. The molecule has 2 aromatic carbocycles. The number of amides is 1. The summed E-state index contributed by atoms with van der Waals surface area (Å²) in [5, 5.41) is 2.49. The van der Waals surface area contributed by atoms with Crippen molar-refractivity contribution in [1.29, 1.82) is 0 Å². The number of aromatic nitrogens is 3. The van der Waals surface area contributed by atoms with Crippen LogP contribution < -0.4 is 5.32 Å². The SMILES string of the molecule is CC(C)c1ncc(C(=O)Nc2c(C(F)(F)F)cc(-c3cc(F)ccc3F)c(-c3cccnc3)c2C2CCOCC2)cn1. The van der Waals surface area contributed by atoms with Crippen LogP contribution in [-0.2, 0) is 10.9 Å². The molecule has 2 aromatic heterocycles. The second kappa shape index (κ2) is 11.9. The van der Waals surface area contributed by atoms with Crippen molar-refractivity contribution in [3.63, 3.8) is 0 Å². The molecule has 0 unspecified atom stereocenters. The number of benzene rings is 2. The fourth-order valence-corrected chi connectivity index (χ4v) is 5.13. The van der Waals surface area contributed by atoms with Crippen molar-refractivity contribution in [2.45, 2.75) is 44.7 Å². The van der Waals surface area contributed by atoms with E-state index in [4.69, 9.17) is 4.74 Å². The number of nitrogens with zero attached hydrogens (tertiary/aromatic N) is 3. The number of carbonyl (C=O) groups is 1. The van der Waals surface area contributed by atoms with Crippen LogP contribution >= 0.6 is 0 Å². The zero-order valence-electron chi connectivity index (χ0n) is 22.8. The van der Waals surface area contributed by atoms with Crippen LogP contribution in [0.5, 0.6) is 0 Å². The molecule has 4 aromatic rings. The van der Waals surface area contributed by atoms with Gasteiger partial charge in [-0.05, 0) is 65.8 Å². The van der Waals surface area contributed by atoms with Crippen molar-refractivity contribution < 1.29 is 31.5 Å². The molecule has 0 spiro atoms. The number of hydrogen-bond donors (Lipinski definition) is 1. The van der Waals surface area contributed by atoms with Crippen molar-refractivity contribution in [3.8, 4) is 22.3 Å². The number of nitrogens with one attached hydrogen (secondary N) is 1. The van der Waals surface area contributed by atoms with Gasteiger partial charge in [0.2, 0.25) is 0 Å². The summed E-state index contributed by atoms with van der Waals surface area (Å²) in [6, 6.07) is 6.62. The summed E-state index contributed by atoms with van der Waals surface area (Å²) >= 11 is 0. The Hall–Kier alpha value is -4.25. The van der Waals surface area contributed by atoms with E-state index >= 15 is 4.39 Å². The third-order valence-electron chi connectivity index (χ3n) is 7.16. The Morgan fingerprint density at radius 2 is 1.71 bits per heavy atom. The highest BCUT2D eigenvalue weighted by Gasteiger charge is 2.39. The molecule has 1 aliphatic heterocycles. The molecule has 218 valence electrons. The second-order valence-corrected chi connectivity index (χ2v) is 10.3. The van der Waals surface area contributed by atoms with Crippen LogP contribution in [-0.4, -0.2) is 34.1 Å². The molecule has 0 saturated carbocycles. The van der Waals surface area contributed by atoms with Crippen LogP contribution in [0.25, 0.3) is 22.3 Å². The summed E-state index contributed by atoms with van der Waals surface area (Å²) in [5.74, 6) is -2.60. The zero-order valence-corrected chi connectivity index (χ0v) is 22.8. The van der Waals surface area contributed by atoms with Gasteiger partial charge in [0, 0.05) is 55.0 Å². The minimum atomic E-state index is -4.97. The predicted molar refractivity (Wildman–Crippen MR) is 147 cm³/mol. The number of halogens is 5. The van der Waals surface area contributed by atoms with E-state index in [0.717, 1.165) is 24.3 Å². The van der Waals surface area contributed by atoms with E-state index in [-0.39, 0.29) is 46.9 Å². The molecule has 1 amide bonds. The highest BCUT2D eigenvalue weighted by Crippen LogP contribution is 2.50. The molecule has 1 fully saturated rings. The second-order valence-electron chi connectivity index (χ2n) is 10.3. The third-order valence-corrected chi connectivity index (χ3v) is 7.16. The van der Waals surface area contributed by atoms with Crippen molar-refractivity contribution in [2.75, 3.05) is 18.5 Å². The number of pyridine rings is 1. The molecule has 42 heavy (non-hydrogen) atoms. The highest BCUT2D eigenvalue weighted by molar-refractivity contribution is 6.06. The molecule has 1 saturated heterocycles. The van der Waals surface area contributed by atoms with E-state index in [0.29, 0.717) is 24.2 Å². The average Bonchev–Trinajstić information content (AvgIpc) is 2.98. The van der Waals surface area contributed by atoms with Gasteiger partial charge in [0.15, 0.2) is 0 Å². The summed E-state index contributed by atoms with van der Waals surface area (Å²) < 4.78 is 79.5. The Morgan fingerprint density at radius 3 is 2.33 bits per heavy atom. The fourth-order valence-electron chi connectivity index (χ4n) is 5.13. The minimum absolute atomic E-state index is 0.0168. The Labute approximate surface area is 239 Å². The van der Waals surface area contributed by atoms with Gasteiger partial charge in [-0.15, -0.1) is 0 Å². The number of alkyl halides is 3. The maximum atomic E-state index is 15.2. The van der Waals surface area contributed by atoms with E-state index in [2.05, 4.69) is 20.3 Å². The standard InChI is InChI=1S/C31H27F5N4O2/c1-17(2)29-38-15-20(16-39-29)30(41)40-28-24(31(34,35)36)13-23(22-12-21(32)5-6-25(22)33)26(19-4-3-9-37-14-19)27(28)18-7-10-42-11-8-18/h3-6,9,12-18H,7-8,10-11H2,1-2H3,(H,40,41). The molecule has 11 heteroatoms. The zero-order chi connectivity index (χ0) is 30.0. The lowest BCUT2D eigenvalue weighted by Crippen LogP contribution is -2.23. The largest absolute Gasteiger partial charge is 0.418 e. The Balaban J connectivity index is 1.82. The van der Waals surface area contributed by atoms with Gasteiger partial charge < -0.3 is 10.1 Å². The van der Waals surface area contributed by atoms with Crippen LogP contribution in [0.15, 0.2) is 61.2 Å². The molecular weight excluding hydrogens is 555 g/mol. The first kappa shape index (κ1) is 29.2. The number of rotatable bonds is 6. The van der Waals surface area contributed by atoms with E-state index in [1.807, 2.05) is 13.8 Å². The van der Waals surface area contributed by atoms with Gasteiger partial charge in [0.1, 0.15) is 17.5 Å². The number of hydrogen-bond acceptors (Lipinski definition) is 5. The van der Waals surface area contributed by atoms with Gasteiger partial charge in [0.25, 0.3) is 5.91 Å². The quantitative estimate of drug-likeness (QED) is 0.235. The first-order valence-electron chi connectivity index (χ1n) is 13.4. The topological polar surface area (TPSA) is 77.0 Å². The van der Waals surface area contributed by atoms with Gasteiger partial charge in [-0.1, -0.05) is 19.9 Å². The number of ether oxygens (including phenoxy) is 1. The Bertz CT molecular complexity index is 1590. The van der Waals surface area contributed by atoms with Crippen molar-refractivity contribution in [3.05, 3.63) is 95.3 Å². The highest BCUT2D eigenvalue weighted by atomic mass is 19.4. The fraction of sp³-hybridized carbons (Fsp3) is 0.290. The summed E-state index contributed by atoms with van der Waals surface area (Å²) in [5.41, 5.74) is -1.46. The molecule has 5 rings (SSSR count). The molecule has 0 bridgehead atoms. The molecular formula is C31H27F5N4O2. The van der Waals surface area contributed by atoms with E-state index in [9.17, 15) is 22.4 Å². The molecule has 0 aliphatic carbocycles. The number of anilines is 1. The number of carbonyl (C=O) groups excluding carboxylic acids is 1. The van der Waals surface area contributed by atoms with Crippen molar-refractivity contribution in [2.24, 2.45) is 0 Å². The van der Waals surface area contributed by atoms with Crippen LogP contribution in [0, 0.1) is 11.6 Å². The van der Waals surface area contributed by atoms with Gasteiger partial charge in [-0.2, -0.15) is 13.2 Å². The molecule has 6 nitrogen and oxygen atoms in total. The lowest BCUT2D eigenvalue weighted by Gasteiger charge is -2.31. The lowest BCUT2D eigenvalue weighted by atomic mass is 9.79. The summed E-state index contributed by atoms with van der Waals surface area (Å²) in [6.07, 6.45) is 1.18. The lowest BCUT2D eigenvalue weighted by molar-refractivity contribution is -0.136. The summed E-state index contributed by atoms with van der Waals surface area (Å²) in [7, 11) is 0. The Kier molecular flexibility index (Phi) is 8.31. The van der Waals surface area contributed by atoms with Gasteiger partial charge in [0.05, 0.1) is 16.8 Å². The summed E-state index contributed by atoms with van der Waals surface area (Å²) in [4.78, 5) is 25.9. The van der Waals surface area contributed by atoms with Gasteiger partial charge >= 0.3 is 6.18 Å². The van der Waals surface area contributed by atoms with Gasteiger partial charge in [-0.25, -0.2) is 18.7 Å². The van der Waals surface area contributed by atoms with Crippen LogP contribution in [0.1, 0.15) is 65.8 Å². The Morgan fingerprint density at radius 1 is 1.00 bits per heavy atom. The van der Waals surface area contributed by atoms with Crippen LogP contribution in [0.4, 0.5) is 27.6 Å². The molecule has 0 atom stereocenters. The third kappa shape index (κ3) is 6.01. The van der Waals surface area contributed by atoms with Gasteiger partial charge in [-0.3, -0.25) is 9.78 Å². The van der Waals surface area contributed by atoms with Crippen LogP contribution in [0.2, 0.25) is 0 Å². The van der Waals surface area contributed by atoms with E-state index in [1.165, 1.54) is 24.8 Å². The first-order valence-corrected chi connectivity index (χ1v) is 13.4. The van der Waals surface area contributed by atoms with Crippen molar-refractivity contribution in [1.82, 2.24) is 15.0 Å². The molecule has 3 heterocycles. The molecule has 1 N–H and O–H groups in total. The molecule has 0 radical (unpaired) electrons. The van der Waals surface area contributed by atoms with E-state index in [1.54, 1.807) is 12.1 Å². The maximum absolute atomic E-state index is 15.2. The monoisotopic (exact) mass is 582 g/mol.